The molecule has 3 fully saturated rings. The van der Waals surface area contributed by atoms with Gasteiger partial charge in [-0.3, -0.25) is 19.6 Å². The highest BCUT2D eigenvalue weighted by molar-refractivity contribution is 6.02. The second kappa shape index (κ2) is 7.25. The first-order valence-electron chi connectivity index (χ1n) is 10.9. The van der Waals surface area contributed by atoms with Crippen molar-refractivity contribution in [2.24, 2.45) is 7.05 Å². The van der Waals surface area contributed by atoms with Crippen molar-refractivity contribution >= 4 is 34.5 Å². The number of fused-ring (bicyclic) bond motifs is 1. The number of aryl methyl sites for hydroxylation is 1. The van der Waals surface area contributed by atoms with Gasteiger partial charge >= 0.3 is 6.09 Å². The van der Waals surface area contributed by atoms with Crippen LogP contribution < -0.4 is 10.6 Å². The van der Waals surface area contributed by atoms with Gasteiger partial charge in [0.1, 0.15) is 0 Å². The largest absolute Gasteiger partial charge is 0.465 e. The summed E-state index contributed by atoms with van der Waals surface area (Å²) in [5.41, 5.74) is 2.38. The zero-order valence-electron chi connectivity index (χ0n) is 17.6. The minimum atomic E-state index is -0.810. The molecule has 2 saturated heterocycles. The molecule has 2 aliphatic heterocycles. The Labute approximate surface area is 179 Å². The molecule has 31 heavy (non-hydrogen) atoms. The summed E-state index contributed by atoms with van der Waals surface area (Å²) in [6, 6.07) is 6.23. The zero-order valence-corrected chi connectivity index (χ0v) is 17.6. The topological polar surface area (TPSA) is 117 Å². The molecule has 1 aromatic carbocycles. The van der Waals surface area contributed by atoms with Crippen LogP contribution >= 0.6 is 0 Å². The standard InChI is InChI=1S/C22H27N5O4/c1-26-17-11-13(23-14-7-10-27(21(30)31)22(12-14)8-2-9-22)3-4-15(17)19(25-26)16-5-6-18(28)24-20(16)29/h3-4,11,14,16,23H,2,5-10,12H2,1H3,(H,30,31)(H,24,28,29). The van der Waals surface area contributed by atoms with Gasteiger partial charge in [-0.25, -0.2) is 4.79 Å². The van der Waals surface area contributed by atoms with Gasteiger partial charge in [0.05, 0.1) is 17.1 Å². The van der Waals surface area contributed by atoms with E-state index in [4.69, 9.17) is 0 Å². The molecular weight excluding hydrogens is 398 g/mol. The van der Waals surface area contributed by atoms with Crippen molar-refractivity contribution in [3.05, 3.63) is 23.9 Å². The Hall–Kier alpha value is -3.10. The summed E-state index contributed by atoms with van der Waals surface area (Å²) < 4.78 is 1.78. The fourth-order valence-electron chi connectivity index (χ4n) is 5.50. The van der Waals surface area contributed by atoms with Gasteiger partial charge in [-0.1, -0.05) is 0 Å². The van der Waals surface area contributed by atoms with Crippen molar-refractivity contribution in [2.45, 2.75) is 62.4 Å². The number of amides is 3. The molecule has 3 aliphatic rings. The smallest absolute Gasteiger partial charge is 0.407 e. The Morgan fingerprint density at radius 3 is 2.77 bits per heavy atom. The highest BCUT2D eigenvalue weighted by atomic mass is 16.4. The van der Waals surface area contributed by atoms with E-state index in [2.05, 4.69) is 15.7 Å². The van der Waals surface area contributed by atoms with E-state index in [0.29, 0.717) is 25.1 Å². The number of aromatic nitrogens is 2. The van der Waals surface area contributed by atoms with Crippen LogP contribution in [0.4, 0.5) is 10.5 Å². The average molecular weight is 425 g/mol. The molecule has 2 aromatic rings. The number of hydrogen-bond acceptors (Lipinski definition) is 5. The minimum absolute atomic E-state index is 0.211. The molecule has 1 aliphatic carbocycles. The molecule has 0 radical (unpaired) electrons. The average Bonchev–Trinajstić information content (AvgIpc) is 3.02. The maximum absolute atomic E-state index is 12.3. The quantitative estimate of drug-likeness (QED) is 0.651. The van der Waals surface area contributed by atoms with E-state index in [9.17, 15) is 19.5 Å². The second-order valence-corrected chi connectivity index (χ2v) is 9.09. The molecular formula is C22H27N5O4. The lowest BCUT2D eigenvalue weighted by molar-refractivity contribution is -0.134. The lowest BCUT2D eigenvalue weighted by Crippen LogP contribution is -2.61. The van der Waals surface area contributed by atoms with Crippen LogP contribution in [0.3, 0.4) is 0 Å². The van der Waals surface area contributed by atoms with Gasteiger partial charge in [-0.2, -0.15) is 5.10 Å². The second-order valence-electron chi connectivity index (χ2n) is 9.09. The Morgan fingerprint density at radius 2 is 2.10 bits per heavy atom. The minimum Gasteiger partial charge on any atom is -0.465 e. The summed E-state index contributed by atoms with van der Waals surface area (Å²) in [6.45, 7) is 0.556. The van der Waals surface area contributed by atoms with Crippen LogP contribution in [0.1, 0.15) is 56.6 Å². The van der Waals surface area contributed by atoms with Gasteiger partial charge in [-0.15, -0.1) is 0 Å². The van der Waals surface area contributed by atoms with Crippen molar-refractivity contribution in [1.29, 1.82) is 0 Å². The fraction of sp³-hybridized carbons (Fsp3) is 0.545. The van der Waals surface area contributed by atoms with E-state index in [1.807, 2.05) is 25.2 Å². The molecule has 1 aromatic heterocycles. The molecule has 1 spiro atoms. The van der Waals surface area contributed by atoms with Crippen LogP contribution in [0, 0.1) is 0 Å². The Kier molecular flexibility index (Phi) is 4.64. The molecule has 2 atom stereocenters. The van der Waals surface area contributed by atoms with E-state index >= 15 is 0 Å². The molecule has 0 bridgehead atoms. The van der Waals surface area contributed by atoms with Crippen molar-refractivity contribution in [2.75, 3.05) is 11.9 Å². The molecule has 9 heteroatoms. The summed E-state index contributed by atoms with van der Waals surface area (Å²) >= 11 is 0. The summed E-state index contributed by atoms with van der Waals surface area (Å²) in [5.74, 6) is -0.931. The summed E-state index contributed by atoms with van der Waals surface area (Å²) in [4.78, 5) is 37.1. The summed E-state index contributed by atoms with van der Waals surface area (Å²) in [5, 5.41) is 21.1. The zero-order chi connectivity index (χ0) is 21.8. The number of carbonyl (C=O) groups excluding carboxylic acids is 2. The van der Waals surface area contributed by atoms with Gasteiger partial charge in [-0.05, 0) is 56.7 Å². The predicted octanol–water partition coefficient (Wildman–Crippen LogP) is 2.57. The molecule has 3 amide bonds. The molecule has 3 N–H and O–H groups in total. The Bertz CT molecular complexity index is 1070. The predicted molar refractivity (Wildman–Crippen MR) is 114 cm³/mol. The van der Waals surface area contributed by atoms with Gasteiger partial charge in [0, 0.05) is 42.7 Å². The van der Waals surface area contributed by atoms with Crippen LogP contribution in [-0.4, -0.2) is 55.8 Å². The lowest BCUT2D eigenvalue weighted by Gasteiger charge is -2.54. The first-order chi connectivity index (χ1) is 14.9. The number of anilines is 1. The van der Waals surface area contributed by atoms with Crippen molar-refractivity contribution < 1.29 is 19.5 Å². The molecule has 3 heterocycles. The fourth-order valence-corrected chi connectivity index (χ4v) is 5.50. The van der Waals surface area contributed by atoms with E-state index in [0.717, 1.165) is 48.7 Å². The third kappa shape index (κ3) is 3.32. The molecule has 2 unspecified atom stereocenters. The van der Waals surface area contributed by atoms with Gasteiger partial charge in [0.25, 0.3) is 0 Å². The maximum atomic E-state index is 12.3. The SMILES string of the molecule is Cn1nc(C2CCC(=O)NC2=O)c2ccc(NC3CCN(C(=O)O)C4(CCC4)C3)cc21. The van der Waals surface area contributed by atoms with Crippen LogP contribution in [0.2, 0.25) is 0 Å². The van der Waals surface area contributed by atoms with Gasteiger partial charge < -0.3 is 15.3 Å². The third-order valence-electron chi connectivity index (χ3n) is 7.24. The van der Waals surface area contributed by atoms with Gasteiger partial charge in [0.2, 0.25) is 11.8 Å². The Balaban J connectivity index is 1.36. The van der Waals surface area contributed by atoms with Crippen LogP contribution in [0.15, 0.2) is 18.2 Å². The molecule has 1 saturated carbocycles. The first-order valence-corrected chi connectivity index (χ1v) is 10.9. The van der Waals surface area contributed by atoms with Crippen molar-refractivity contribution in [3.8, 4) is 0 Å². The van der Waals surface area contributed by atoms with Crippen molar-refractivity contribution in [3.63, 3.8) is 0 Å². The third-order valence-corrected chi connectivity index (χ3v) is 7.24. The van der Waals surface area contributed by atoms with Gasteiger partial charge in [0.15, 0.2) is 0 Å². The molecule has 164 valence electrons. The highest BCUT2D eigenvalue weighted by Gasteiger charge is 2.48. The van der Waals surface area contributed by atoms with Crippen molar-refractivity contribution in [1.82, 2.24) is 20.0 Å². The van der Waals surface area contributed by atoms with E-state index in [-0.39, 0.29) is 23.4 Å². The number of nitrogens with one attached hydrogen (secondary N) is 2. The number of carbonyl (C=O) groups is 3. The number of likely N-dealkylation sites (tertiary alicyclic amines) is 1. The van der Waals surface area contributed by atoms with Crippen LogP contribution in [-0.2, 0) is 16.6 Å². The Morgan fingerprint density at radius 1 is 1.29 bits per heavy atom. The van der Waals surface area contributed by atoms with E-state index in [1.54, 1.807) is 9.58 Å². The number of benzene rings is 1. The normalized spacial score (nSPS) is 25.4. The highest BCUT2D eigenvalue weighted by Crippen LogP contribution is 2.45. The number of piperidine rings is 2. The van der Waals surface area contributed by atoms with Crippen LogP contribution in [0.5, 0.6) is 0 Å². The number of hydrogen-bond donors (Lipinski definition) is 3. The number of rotatable bonds is 3. The monoisotopic (exact) mass is 425 g/mol. The first kappa shape index (κ1) is 19.8. The summed E-state index contributed by atoms with van der Waals surface area (Å²) in [6.07, 6.45) is 4.55. The summed E-state index contributed by atoms with van der Waals surface area (Å²) in [7, 11) is 1.86. The number of imide groups is 1. The number of nitrogens with zero attached hydrogens (tertiary/aromatic N) is 3. The molecule has 5 rings (SSSR count). The maximum Gasteiger partial charge on any atom is 0.407 e. The molecule has 9 nitrogen and oxygen atoms in total. The lowest BCUT2D eigenvalue weighted by atomic mass is 9.69. The van der Waals surface area contributed by atoms with Crippen LogP contribution in [0.25, 0.3) is 10.9 Å². The van der Waals surface area contributed by atoms with E-state index in [1.165, 1.54) is 0 Å². The number of carboxylic acid groups (broad SMARTS) is 1. The van der Waals surface area contributed by atoms with E-state index < -0.39 is 12.0 Å².